The summed E-state index contributed by atoms with van der Waals surface area (Å²) in [5.41, 5.74) is -0.107. The highest BCUT2D eigenvalue weighted by Gasteiger charge is 2.30. The molecule has 0 aliphatic carbocycles. The van der Waals surface area contributed by atoms with Crippen molar-refractivity contribution in [2.45, 2.75) is 26.6 Å². The van der Waals surface area contributed by atoms with Crippen LogP contribution in [-0.2, 0) is 17.5 Å². The minimum atomic E-state index is -4.47. The van der Waals surface area contributed by atoms with Crippen molar-refractivity contribution in [3.8, 4) is 17.1 Å². The lowest BCUT2D eigenvalue weighted by Crippen LogP contribution is -2.27. The number of alkyl halides is 3. The number of aromatic amines is 1. The van der Waals surface area contributed by atoms with Crippen LogP contribution in [0.15, 0.2) is 47.3 Å². The quantitative estimate of drug-likeness (QED) is 0.627. The van der Waals surface area contributed by atoms with Crippen LogP contribution in [0.5, 0.6) is 0 Å². The fourth-order valence-electron chi connectivity index (χ4n) is 2.67. The van der Waals surface area contributed by atoms with Gasteiger partial charge in [-0.25, -0.2) is 4.79 Å². The van der Waals surface area contributed by atoms with E-state index in [0.717, 1.165) is 34.5 Å². The van der Waals surface area contributed by atoms with Gasteiger partial charge in [-0.3, -0.25) is 9.78 Å². The van der Waals surface area contributed by atoms with E-state index in [-0.39, 0.29) is 29.9 Å². The Bertz CT molecular complexity index is 1120. The van der Waals surface area contributed by atoms with Crippen molar-refractivity contribution in [2.24, 2.45) is 5.92 Å². The van der Waals surface area contributed by atoms with Gasteiger partial charge in [-0.2, -0.15) is 17.9 Å². The van der Waals surface area contributed by atoms with Gasteiger partial charge in [0.1, 0.15) is 0 Å². The van der Waals surface area contributed by atoms with E-state index in [1.807, 2.05) is 0 Å². The number of nitrogens with zero attached hydrogens (tertiary/aromatic N) is 2. The first-order valence-electron chi connectivity index (χ1n) is 8.99. The van der Waals surface area contributed by atoms with Crippen molar-refractivity contribution in [1.29, 1.82) is 0 Å². The van der Waals surface area contributed by atoms with E-state index in [2.05, 4.69) is 15.4 Å². The van der Waals surface area contributed by atoms with E-state index < -0.39 is 17.4 Å². The molecule has 6 nitrogen and oxygen atoms in total. The minimum absolute atomic E-state index is 0.105. The predicted octanol–water partition coefficient (Wildman–Crippen LogP) is 4.17. The predicted molar refractivity (Wildman–Crippen MR) is 106 cm³/mol. The highest BCUT2D eigenvalue weighted by Crippen LogP contribution is 2.30. The third kappa shape index (κ3) is 4.73. The second-order valence-corrected chi connectivity index (χ2v) is 7.33. The van der Waals surface area contributed by atoms with Crippen molar-refractivity contribution >= 4 is 17.5 Å². The molecule has 3 aromatic rings. The topological polar surface area (TPSA) is 79.8 Å². The minimum Gasteiger partial charge on any atom is -0.352 e. The van der Waals surface area contributed by atoms with E-state index in [0.29, 0.717) is 10.6 Å². The number of carbonyl (C=O) groups is 1. The summed E-state index contributed by atoms with van der Waals surface area (Å²) in [6, 6.07) is 9.10. The average molecular weight is 439 g/mol. The molecule has 0 fully saturated rings. The maximum atomic E-state index is 12.7. The van der Waals surface area contributed by atoms with Crippen LogP contribution < -0.4 is 11.0 Å². The summed E-state index contributed by atoms with van der Waals surface area (Å²) in [7, 11) is 0. The summed E-state index contributed by atoms with van der Waals surface area (Å²) in [6.45, 7) is 3.83. The fraction of sp³-hybridized carbons (Fsp3) is 0.250. The molecule has 30 heavy (non-hydrogen) atoms. The molecule has 3 rings (SSSR count). The third-order valence-electron chi connectivity index (χ3n) is 4.33. The molecular formula is C20H18ClF3N4O2. The molecule has 0 aliphatic heterocycles. The Labute approximate surface area is 174 Å². The van der Waals surface area contributed by atoms with Gasteiger partial charge in [0.25, 0.3) is 0 Å². The first-order chi connectivity index (χ1) is 14.1. The van der Waals surface area contributed by atoms with Crippen molar-refractivity contribution < 1.29 is 18.0 Å². The first kappa shape index (κ1) is 21.6. The highest BCUT2D eigenvalue weighted by atomic mass is 35.5. The smallest absolute Gasteiger partial charge is 0.352 e. The van der Waals surface area contributed by atoms with Crippen LogP contribution in [0.25, 0.3) is 17.1 Å². The SMILES string of the molecule is CC(C)C(=O)NCc1ccc(Cl)c(-c2nn(-c3ccc(C(F)(F)F)cc3)c(=O)[nH]2)c1. The molecule has 0 bridgehead atoms. The van der Waals surface area contributed by atoms with Crippen molar-refractivity contribution in [1.82, 2.24) is 20.1 Å². The van der Waals surface area contributed by atoms with Crippen LogP contribution in [0.1, 0.15) is 25.0 Å². The van der Waals surface area contributed by atoms with Gasteiger partial charge in [0, 0.05) is 18.0 Å². The molecule has 0 spiro atoms. The Morgan fingerprint density at radius 1 is 1.20 bits per heavy atom. The van der Waals surface area contributed by atoms with Gasteiger partial charge >= 0.3 is 11.9 Å². The van der Waals surface area contributed by atoms with Crippen LogP contribution in [0.4, 0.5) is 13.2 Å². The van der Waals surface area contributed by atoms with E-state index >= 15 is 0 Å². The number of H-pyrrole nitrogens is 1. The van der Waals surface area contributed by atoms with E-state index in [1.54, 1.807) is 32.0 Å². The zero-order valence-corrected chi connectivity index (χ0v) is 16.8. The van der Waals surface area contributed by atoms with Crippen molar-refractivity contribution in [2.75, 3.05) is 0 Å². The molecule has 1 aromatic heterocycles. The van der Waals surface area contributed by atoms with Gasteiger partial charge < -0.3 is 5.32 Å². The van der Waals surface area contributed by atoms with Crippen LogP contribution in [0.2, 0.25) is 5.02 Å². The Hall–Kier alpha value is -3.07. The number of rotatable bonds is 5. The number of hydrogen-bond donors (Lipinski definition) is 2. The Morgan fingerprint density at radius 3 is 2.47 bits per heavy atom. The Kier molecular flexibility index (Phi) is 6.02. The summed E-state index contributed by atoms with van der Waals surface area (Å²) in [5, 5.41) is 7.27. The van der Waals surface area contributed by atoms with E-state index in [4.69, 9.17) is 11.6 Å². The van der Waals surface area contributed by atoms with Crippen LogP contribution in [-0.4, -0.2) is 20.7 Å². The number of halogens is 4. The van der Waals surface area contributed by atoms with Gasteiger partial charge in [-0.1, -0.05) is 31.5 Å². The van der Waals surface area contributed by atoms with Crippen molar-refractivity contribution in [3.05, 3.63) is 69.1 Å². The second kappa shape index (κ2) is 8.35. The first-order valence-corrected chi connectivity index (χ1v) is 9.37. The van der Waals surface area contributed by atoms with E-state index in [9.17, 15) is 22.8 Å². The molecule has 10 heteroatoms. The fourth-order valence-corrected chi connectivity index (χ4v) is 2.88. The molecule has 0 unspecified atom stereocenters. The zero-order chi connectivity index (χ0) is 22.1. The van der Waals surface area contributed by atoms with Gasteiger partial charge in [-0.15, -0.1) is 5.10 Å². The van der Waals surface area contributed by atoms with E-state index in [1.165, 1.54) is 0 Å². The molecule has 0 radical (unpaired) electrons. The zero-order valence-electron chi connectivity index (χ0n) is 16.0. The molecule has 0 atom stereocenters. The number of hydrogen-bond acceptors (Lipinski definition) is 3. The molecule has 0 saturated heterocycles. The summed E-state index contributed by atoms with van der Waals surface area (Å²) in [5.74, 6) is -0.110. The number of carbonyl (C=O) groups excluding carboxylic acids is 1. The lowest BCUT2D eigenvalue weighted by atomic mass is 10.1. The molecule has 1 heterocycles. The Balaban J connectivity index is 1.90. The number of benzene rings is 2. The maximum absolute atomic E-state index is 12.7. The molecule has 2 N–H and O–H groups in total. The summed E-state index contributed by atoms with van der Waals surface area (Å²) < 4.78 is 39.2. The number of aromatic nitrogens is 3. The van der Waals surface area contributed by atoms with Gasteiger partial charge in [-0.05, 0) is 42.0 Å². The molecule has 0 saturated carbocycles. The van der Waals surface area contributed by atoms with Gasteiger partial charge in [0.2, 0.25) is 5.91 Å². The number of nitrogens with one attached hydrogen (secondary N) is 2. The summed E-state index contributed by atoms with van der Waals surface area (Å²) in [4.78, 5) is 26.6. The lowest BCUT2D eigenvalue weighted by Gasteiger charge is -2.09. The molecule has 158 valence electrons. The standard InChI is InChI=1S/C20H18ClF3N4O2/c1-11(2)18(29)25-10-12-3-8-16(21)15(9-12)17-26-19(30)28(27-17)14-6-4-13(5-7-14)20(22,23)24/h3-9,11H,10H2,1-2H3,(H,25,29)(H,26,27,30). The van der Waals surface area contributed by atoms with Crippen LogP contribution in [0.3, 0.4) is 0 Å². The second-order valence-electron chi connectivity index (χ2n) is 6.92. The maximum Gasteiger partial charge on any atom is 0.416 e. The highest BCUT2D eigenvalue weighted by molar-refractivity contribution is 6.33. The third-order valence-corrected chi connectivity index (χ3v) is 4.66. The Morgan fingerprint density at radius 2 is 1.87 bits per heavy atom. The normalized spacial score (nSPS) is 11.7. The summed E-state index contributed by atoms with van der Waals surface area (Å²) in [6.07, 6.45) is -4.47. The lowest BCUT2D eigenvalue weighted by molar-refractivity contribution is -0.137. The van der Waals surface area contributed by atoms with Crippen LogP contribution in [0, 0.1) is 5.92 Å². The van der Waals surface area contributed by atoms with Crippen LogP contribution >= 0.6 is 11.6 Å². The molecule has 2 aromatic carbocycles. The molecule has 1 amide bonds. The molecular weight excluding hydrogens is 421 g/mol. The van der Waals surface area contributed by atoms with Crippen molar-refractivity contribution in [3.63, 3.8) is 0 Å². The largest absolute Gasteiger partial charge is 0.416 e. The van der Waals surface area contributed by atoms with Gasteiger partial charge in [0.15, 0.2) is 5.82 Å². The number of amides is 1. The summed E-state index contributed by atoms with van der Waals surface area (Å²) >= 11 is 6.24. The average Bonchev–Trinajstić information content (AvgIpc) is 3.07. The molecule has 0 aliphatic rings. The monoisotopic (exact) mass is 438 g/mol. The van der Waals surface area contributed by atoms with Gasteiger partial charge in [0.05, 0.1) is 16.3 Å².